The Morgan fingerprint density at radius 1 is 0.840 bits per heavy atom. The lowest BCUT2D eigenvalue weighted by Crippen LogP contribution is -2.14. The molecular weight excluding hydrogens is 306 g/mol. The molecule has 0 aliphatic heterocycles. The van der Waals surface area contributed by atoms with Gasteiger partial charge in [0.1, 0.15) is 0 Å². The predicted octanol–water partition coefficient (Wildman–Crippen LogP) is 6.38. The van der Waals surface area contributed by atoms with Gasteiger partial charge in [-0.15, -0.1) is 0 Å². The number of nitrogens with one attached hydrogen (secondary N) is 1. The smallest absolute Gasteiger partial charge is 0.228 e. The highest BCUT2D eigenvalue weighted by atomic mass is 16.1. The molecule has 0 fully saturated rings. The molecule has 1 N–H and O–H groups in total. The number of hydrogen-bond donors (Lipinski definition) is 1. The van der Waals surface area contributed by atoms with Gasteiger partial charge in [0.25, 0.3) is 0 Å². The first kappa shape index (κ1) is 21.0. The summed E-state index contributed by atoms with van der Waals surface area (Å²) >= 11 is 0. The van der Waals surface area contributed by atoms with Gasteiger partial charge in [0.15, 0.2) is 0 Å². The molecule has 0 spiro atoms. The van der Waals surface area contributed by atoms with Gasteiger partial charge >= 0.3 is 0 Å². The Bertz CT molecular complexity index is 640. The number of benzene rings is 2. The molecule has 1 amide bonds. The zero-order valence-electron chi connectivity index (χ0n) is 16.5. The van der Waals surface area contributed by atoms with E-state index >= 15 is 0 Å². The lowest BCUT2D eigenvalue weighted by molar-refractivity contribution is -0.115. The molecule has 2 aromatic carbocycles. The third-order valence-corrected chi connectivity index (χ3v) is 4.23. The Morgan fingerprint density at radius 2 is 1.44 bits per heavy atom. The maximum atomic E-state index is 12.0. The molecule has 0 heterocycles. The van der Waals surface area contributed by atoms with Crippen molar-refractivity contribution in [2.75, 3.05) is 5.32 Å². The van der Waals surface area contributed by atoms with Crippen LogP contribution in [0.15, 0.2) is 42.5 Å². The average Bonchev–Trinajstić information content (AvgIpc) is 2.59. The monoisotopic (exact) mass is 339 g/mol. The molecule has 0 aliphatic rings. The number of aryl methyl sites for hydroxylation is 3. The Labute approximate surface area is 153 Å². The van der Waals surface area contributed by atoms with Crippen LogP contribution in [-0.2, 0) is 11.2 Å². The first-order valence-corrected chi connectivity index (χ1v) is 9.38. The minimum Gasteiger partial charge on any atom is -0.326 e. The summed E-state index contributed by atoms with van der Waals surface area (Å²) in [6.45, 7) is 10.6. The molecule has 25 heavy (non-hydrogen) atoms. The topological polar surface area (TPSA) is 29.1 Å². The third-order valence-electron chi connectivity index (χ3n) is 4.23. The summed E-state index contributed by atoms with van der Waals surface area (Å²) in [7, 11) is 0. The van der Waals surface area contributed by atoms with Gasteiger partial charge in [-0.3, -0.25) is 4.79 Å². The maximum absolute atomic E-state index is 12.0. The summed E-state index contributed by atoms with van der Waals surface area (Å²) in [6.07, 6.45) is 5.95. The summed E-state index contributed by atoms with van der Waals surface area (Å²) in [4.78, 5) is 12.0. The van der Waals surface area contributed by atoms with E-state index in [-0.39, 0.29) is 5.91 Å². The van der Waals surface area contributed by atoms with Crippen molar-refractivity contribution >= 4 is 11.6 Å². The Balaban J connectivity index is 0.000000450. The normalized spacial score (nSPS) is 9.96. The van der Waals surface area contributed by atoms with Gasteiger partial charge in [0.2, 0.25) is 5.91 Å². The summed E-state index contributed by atoms with van der Waals surface area (Å²) in [5.41, 5.74) is 5.52. The van der Waals surface area contributed by atoms with Crippen molar-refractivity contribution in [1.29, 1.82) is 0 Å². The summed E-state index contributed by atoms with van der Waals surface area (Å²) in [6, 6.07) is 14.0. The number of hydrogen-bond acceptors (Lipinski definition) is 1. The Hall–Kier alpha value is -2.09. The van der Waals surface area contributed by atoms with Crippen LogP contribution in [0.2, 0.25) is 0 Å². The molecule has 2 rings (SSSR count). The highest BCUT2D eigenvalue weighted by Gasteiger charge is 2.04. The van der Waals surface area contributed by atoms with E-state index in [1.165, 1.54) is 42.4 Å². The zero-order chi connectivity index (χ0) is 18.7. The first-order chi connectivity index (χ1) is 12.0. The third kappa shape index (κ3) is 8.53. The van der Waals surface area contributed by atoms with Gasteiger partial charge < -0.3 is 5.32 Å². The number of carbonyl (C=O) groups is 1. The second-order valence-electron chi connectivity index (χ2n) is 6.72. The van der Waals surface area contributed by atoms with Crippen molar-refractivity contribution < 1.29 is 4.79 Å². The van der Waals surface area contributed by atoms with Crippen molar-refractivity contribution in [2.24, 2.45) is 0 Å². The molecule has 2 aromatic rings. The Morgan fingerprint density at radius 3 is 1.96 bits per heavy atom. The van der Waals surface area contributed by atoms with E-state index in [1.807, 2.05) is 56.3 Å². The zero-order valence-corrected chi connectivity index (χ0v) is 16.5. The lowest BCUT2D eigenvalue weighted by atomic mass is 10.1. The van der Waals surface area contributed by atoms with Gasteiger partial charge in [-0.2, -0.15) is 0 Å². The molecule has 0 unspecified atom stereocenters. The van der Waals surface area contributed by atoms with E-state index in [1.54, 1.807) is 0 Å². The van der Waals surface area contributed by atoms with Crippen LogP contribution in [0.5, 0.6) is 0 Å². The molecule has 0 radical (unpaired) electrons. The number of rotatable bonds is 6. The van der Waals surface area contributed by atoms with Crippen LogP contribution >= 0.6 is 0 Å². The average molecular weight is 340 g/mol. The molecule has 136 valence electrons. The largest absolute Gasteiger partial charge is 0.326 e. The second kappa shape index (κ2) is 11.5. The number of carbonyl (C=O) groups excluding carboxylic acids is 1. The molecule has 0 atom stereocenters. The van der Waals surface area contributed by atoms with E-state index in [9.17, 15) is 4.79 Å². The number of unbranched alkanes of at least 4 members (excludes halogenated alkanes) is 3. The number of amides is 1. The van der Waals surface area contributed by atoms with E-state index in [0.29, 0.717) is 6.42 Å². The predicted molar refractivity (Wildman–Crippen MR) is 109 cm³/mol. The summed E-state index contributed by atoms with van der Waals surface area (Å²) < 4.78 is 0. The van der Waals surface area contributed by atoms with Crippen LogP contribution in [0.3, 0.4) is 0 Å². The van der Waals surface area contributed by atoms with Crippen molar-refractivity contribution in [3.05, 3.63) is 64.7 Å². The van der Waals surface area contributed by atoms with Crippen molar-refractivity contribution in [2.45, 2.75) is 66.7 Å². The fourth-order valence-electron chi connectivity index (χ4n) is 2.42. The molecule has 0 saturated carbocycles. The van der Waals surface area contributed by atoms with Crippen LogP contribution < -0.4 is 5.32 Å². The van der Waals surface area contributed by atoms with Gasteiger partial charge in [-0.25, -0.2) is 0 Å². The fourth-order valence-corrected chi connectivity index (χ4v) is 2.42. The molecule has 0 aromatic heterocycles. The van der Waals surface area contributed by atoms with E-state index in [0.717, 1.165) is 11.3 Å². The van der Waals surface area contributed by atoms with Crippen LogP contribution in [0.1, 0.15) is 61.8 Å². The van der Waals surface area contributed by atoms with Gasteiger partial charge in [0, 0.05) is 5.69 Å². The fraction of sp³-hybridized carbons (Fsp3) is 0.435. The molecular formula is C23H33NO. The van der Waals surface area contributed by atoms with Crippen LogP contribution in [0.25, 0.3) is 0 Å². The highest BCUT2D eigenvalue weighted by Crippen LogP contribution is 2.14. The van der Waals surface area contributed by atoms with Crippen molar-refractivity contribution in [1.82, 2.24) is 0 Å². The first-order valence-electron chi connectivity index (χ1n) is 9.38. The minimum atomic E-state index is 0.0205. The lowest BCUT2D eigenvalue weighted by Gasteiger charge is -2.08. The molecule has 0 bridgehead atoms. The van der Waals surface area contributed by atoms with E-state index in [2.05, 4.69) is 26.1 Å². The molecule has 2 heteroatoms. The van der Waals surface area contributed by atoms with Gasteiger partial charge in [0.05, 0.1) is 6.42 Å². The van der Waals surface area contributed by atoms with E-state index < -0.39 is 0 Å². The molecule has 0 saturated heterocycles. The quantitative estimate of drug-likeness (QED) is 0.608. The molecule has 2 nitrogen and oxygen atoms in total. The maximum Gasteiger partial charge on any atom is 0.228 e. The second-order valence-corrected chi connectivity index (χ2v) is 6.72. The van der Waals surface area contributed by atoms with E-state index in [4.69, 9.17) is 0 Å². The standard InChI is InChI=1S/C17H19NO.C6H14/c1-12-4-7-15(8-5-12)11-17(19)18-16-9-6-13(2)14(3)10-16;1-3-5-6-4-2/h4-10H,11H2,1-3H3,(H,18,19);3-6H2,1-2H3. The van der Waals surface area contributed by atoms with Crippen LogP contribution in [0, 0.1) is 20.8 Å². The van der Waals surface area contributed by atoms with Gasteiger partial charge in [-0.1, -0.05) is 75.4 Å². The molecule has 0 aliphatic carbocycles. The minimum absolute atomic E-state index is 0.0205. The number of anilines is 1. The van der Waals surface area contributed by atoms with Crippen LogP contribution in [-0.4, -0.2) is 5.91 Å². The van der Waals surface area contributed by atoms with Crippen LogP contribution in [0.4, 0.5) is 5.69 Å². The highest BCUT2D eigenvalue weighted by molar-refractivity contribution is 5.92. The summed E-state index contributed by atoms with van der Waals surface area (Å²) in [5, 5.41) is 2.93. The van der Waals surface area contributed by atoms with Crippen molar-refractivity contribution in [3.63, 3.8) is 0 Å². The van der Waals surface area contributed by atoms with Crippen molar-refractivity contribution in [3.8, 4) is 0 Å². The SMILES string of the molecule is CCCCCC.Cc1ccc(CC(=O)Nc2ccc(C)c(C)c2)cc1. The Kier molecular flexibility index (Phi) is 9.61. The van der Waals surface area contributed by atoms with Gasteiger partial charge in [-0.05, 0) is 49.6 Å². The summed E-state index contributed by atoms with van der Waals surface area (Å²) in [5.74, 6) is 0.0205.